The summed E-state index contributed by atoms with van der Waals surface area (Å²) in [4.78, 5) is 26.6. The molecular formula is C26H22BrNO5. The van der Waals surface area contributed by atoms with Gasteiger partial charge in [0.05, 0.1) is 11.6 Å². The third-order valence-electron chi connectivity index (χ3n) is 6.45. The van der Waals surface area contributed by atoms with E-state index >= 15 is 0 Å². The molecule has 7 heteroatoms. The molecule has 0 radical (unpaired) electrons. The van der Waals surface area contributed by atoms with Crippen molar-refractivity contribution >= 4 is 28.0 Å². The summed E-state index contributed by atoms with van der Waals surface area (Å²) in [6.45, 7) is 0.403. The van der Waals surface area contributed by atoms with Crippen LogP contribution >= 0.6 is 15.9 Å². The highest BCUT2D eigenvalue weighted by atomic mass is 79.9. The van der Waals surface area contributed by atoms with Crippen molar-refractivity contribution in [2.24, 2.45) is 0 Å². The molecule has 0 saturated heterocycles. The van der Waals surface area contributed by atoms with E-state index in [-0.39, 0.29) is 19.1 Å². The van der Waals surface area contributed by atoms with Crippen molar-refractivity contribution in [1.29, 1.82) is 0 Å². The standard InChI is InChI=1S/C26H22BrNO5/c1-32-23-12-15-10-11-28(24(25(29)30)20(15)13-22(23)27)26(31)33-14-21-18-8-4-2-6-16(18)17-7-3-5-9-19(17)21/h2-9,12-13,21,24H,10-11,14H2,1H3,(H,29,30). The largest absolute Gasteiger partial charge is 0.496 e. The van der Waals surface area contributed by atoms with Gasteiger partial charge in [0.1, 0.15) is 12.4 Å². The molecule has 6 nitrogen and oxygen atoms in total. The highest BCUT2D eigenvalue weighted by Gasteiger charge is 2.38. The van der Waals surface area contributed by atoms with Gasteiger partial charge in [-0.25, -0.2) is 9.59 Å². The van der Waals surface area contributed by atoms with Crippen LogP contribution in [0.1, 0.15) is 34.2 Å². The van der Waals surface area contributed by atoms with Gasteiger partial charge in [-0.15, -0.1) is 0 Å². The molecule has 0 saturated carbocycles. The predicted octanol–water partition coefficient (Wildman–Crippen LogP) is 5.39. The Morgan fingerprint density at radius 1 is 1.03 bits per heavy atom. The van der Waals surface area contributed by atoms with Crippen LogP contribution in [-0.2, 0) is 16.0 Å². The van der Waals surface area contributed by atoms with Crippen molar-refractivity contribution in [3.8, 4) is 16.9 Å². The number of hydrogen-bond acceptors (Lipinski definition) is 4. The minimum atomic E-state index is -1.12. The van der Waals surface area contributed by atoms with E-state index in [1.165, 1.54) is 4.90 Å². The number of ether oxygens (including phenoxy) is 2. The third-order valence-corrected chi connectivity index (χ3v) is 7.07. The second-order valence-corrected chi connectivity index (χ2v) is 9.03. The van der Waals surface area contributed by atoms with E-state index in [0.717, 1.165) is 27.8 Å². The average Bonchev–Trinajstić information content (AvgIpc) is 3.15. The topological polar surface area (TPSA) is 76.1 Å². The number of fused-ring (bicyclic) bond motifs is 4. The summed E-state index contributed by atoms with van der Waals surface area (Å²) < 4.78 is 11.7. The average molecular weight is 508 g/mol. The van der Waals surface area contributed by atoms with Gasteiger partial charge >= 0.3 is 12.1 Å². The second kappa shape index (κ2) is 8.56. The van der Waals surface area contributed by atoms with E-state index in [9.17, 15) is 14.7 Å². The molecule has 1 aliphatic carbocycles. The SMILES string of the molecule is COc1cc2c(cc1Br)C(C(=O)O)N(C(=O)OCC1c3ccccc3-c3ccccc31)CC2. The maximum absolute atomic E-state index is 13.1. The van der Waals surface area contributed by atoms with Gasteiger partial charge in [-0.2, -0.15) is 0 Å². The molecule has 1 atom stereocenters. The maximum atomic E-state index is 13.1. The summed E-state index contributed by atoms with van der Waals surface area (Å²) >= 11 is 3.42. The molecule has 1 N–H and O–H groups in total. The fraction of sp³-hybridized carbons (Fsp3) is 0.231. The minimum absolute atomic E-state index is 0.0832. The molecule has 0 bridgehead atoms. The van der Waals surface area contributed by atoms with Crippen LogP contribution in [0.2, 0.25) is 0 Å². The van der Waals surface area contributed by atoms with Gasteiger partial charge in [-0.05, 0) is 67.9 Å². The van der Waals surface area contributed by atoms with Gasteiger partial charge < -0.3 is 14.6 Å². The summed E-state index contributed by atoms with van der Waals surface area (Å²) in [5.74, 6) is -0.547. The fourth-order valence-electron chi connectivity index (χ4n) is 4.92. The number of aliphatic carboxylic acids is 1. The third kappa shape index (κ3) is 3.66. The zero-order chi connectivity index (χ0) is 23.1. The van der Waals surface area contributed by atoms with E-state index in [4.69, 9.17) is 9.47 Å². The first-order valence-electron chi connectivity index (χ1n) is 10.7. The Bertz CT molecular complexity index is 1210. The van der Waals surface area contributed by atoms with Crippen molar-refractivity contribution < 1.29 is 24.2 Å². The van der Waals surface area contributed by atoms with Crippen molar-refractivity contribution in [1.82, 2.24) is 4.90 Å². The first kappa shape index (κ1) is 21.5. The highest BCUT2D eigenvalue weighted by Crippen LogP contribution is 2.45. The van der Waals surface area contributed by atoms with Gasteiger partial charge in [0.15, 0.2) is 6.04 Å². The van der Waals surface area contributed by atoms with E-state index in [1.54, 1.807) is 13.2 Å². The molecule has 0 aromatic heterocycles. The minimum Gasteiger partial charge on any atom is -0.496 e. The first-order chi connectivity index (χ1) is 16.0. The van der Waals surface area contributed by atoms with E-state index in [0.29, 0.717) is 22.2 Å². The Kier molecular flexibility index (Phi) is 5.58. The molecule has 1 amide bonds. The lowest BCUT2D eigenvalue weighted by Crippen LogP contribution is -2.44. The summed E-state index contributed by atoms with van der Waals surface area (Å²) in [6, 6.07) is 18.6. The molecule has 0 fully saturated rings. The number of benzene rings is 3. The zero-order valence-electron chi connectivity index (χ0n) is 18.0. The number of rotatable bonds is 4. The van der Waals surface area contributed by atoms with Crippen molar-refractivity contribution in [3.05, 3.63) is 87.4 Å². The predicted molar refractivity (Wildman–Crippen MR) is 127 cm³/mol. The van der Waals surface area contributed by atoms with Crippen LogP contribution in [0.3, 0.4) is 0 Å². The normalized spacial score (nSPS) is 16.5. The van der Waals surface area contributed by atoms with Gasteiger partial charge in [0.25, 0.3) is 0 Å². The molecule has 3 aromatic carbocycles. The van der Waals surface area contributed by atoms with Crippen molar-refractivity contribution in [2.45, 2.75) is 18.4 Å². The van der Waals surface area contributed by atoms with Gasteiger partial charge in [0.2, 0.25) is 0 Å². The Balaban J connectivity index is 1.39. The molecule has 2 aliphatic rings. The second-order valence-electron chi connectivity index (χ2n) is 8.17. The molecule has 3 aromatic rings. The van der Waals surface area contributed by atoms with Crippen molar-refractivity contribution in [3.63, 3.8) is 0 Å². The molecule has 1 heterocycles. The monoisotopic (exact) mass is 507 g/mol. The fourth-order valence-corrected chi connectivity index (χ4v) is 5.44. The molecule has 0 spiro atoms. The van der Waals surface area contributed by atoms with E-state index in [2.05, 4.69) is 40.2 Å². The van der Waals surface area contributed by atoms with Gasteiger partial charge in [-0.3, -0.25) is 4.90 Å². The quantitative estimate of drug-likeness (QED) is 0.512. The summed E-state index contributed by atoms with van der Waals surface area (Å²) in [7, 11) is 1.56. The number of hydrogen-bond donors (Lipinski definition) is 1. The van der Waals surface area contributed by atoms with E-state index < -0.39 is 18.1 Å². The summed E-state index contributed by atoms with van der Waals surface area (Å²) in [5.41, 5.74) is 5.93. The van der Waals surface area contributed by atoms with Crippen LogP contribution in [0.4, 0.5) is 4.79 Å². The number of methoxy groups -OCH3 is 1. The van der Waals surface area contributed by atoms with Gasteiger partial charge in [0, 0.05) is 12.5 Å². The molecule has 5 rings (SSSR count). The molecule has 168 valence electrons. The number of carboxylic acids is 1. The molecule has 33 heavy (non-hydrogen) atoms. The number of amides is 1. The van der Waals surface area contributed by atoms with Crippen LogP contribution in [0.5, 0.6) is 5.75 Å². The highest BCUT2D eigenvalue weighted by molar-refractivity contribution is 9.10. The Labute approximate surface area is 199 Å². The number of carbonyl (C=O) groups is 2. The Morgan fingerprint density at radius 3 is 2.27 bits per heavy atom. The van der Waals surface area contributed by atoms with Crippen LogP contribution in [0, 0.1) is 0 Å². The lowest BCUT2D eigenvalue weighted by molar-refractivity contribution is -0.143. The van der Waals surface area contributed by atoms with Crippen LogP contribution in [0.15, 0.2) is 65.1 Å². The zero-order valence-corrected chi connectivity index (χ0v) is 19.5. The van der Waals surface area contributed by atoms with Crippen LogP contribution < -0.4 is 4.74 Å². The number of nitrogens with zero attached hydrogens (tertiary/aromatic N) is 1. The Morgan fingerprint density at radius 2 is 1.67 bits per heavy atom. The number of carboxylic acid groups (broad SMARTS) is 1. The van der Waals surface area contributed by atoms with Gasteiger partial charge in [-0.1, -0.05) is 48.5 Å². The molecule has 1 unspecified atom stereocenters. The molecule has 1 aliphatic heterocycles. The number of halogens is 1. The Hall–Kier alpha value is -3.32. The maximum Gasteiger partial charge on any atom is 0.410 e. The summed E-state index contributed by atoms with van der Waals surface area (Å²) in [5, 5.41) is 9.97. The van der Waals surface area contributed by atoms with Crippen LogP contribution in [-0.4, -0.2) is 42.3 Å². The number of carbonyl (C=O) groups excluding carboxylic acids is 1. The van der Waals surface area contributed by atoms with Crippen molar-refractivity contribution in [2.75, 3.05) is 20.3 Å². The lowest BCUT2D eigenvalue weighted by Gasteiger charge is -2.34. The van der Waals surface area contributed by atoms with E-state index in [1.807, 2.05) is 30.3 Å². The summed E-state index contributed by atoms with van der Waals surface area (Å²) in [6.07, 6.45) is -0.103. The first-order valence-corrected chi connectivity index (χ1v) is 11.5. The smallest absolute Gasteiger partial charge is 0.410 e. The molecular weight excluding hydrogens is 486 g/mol. The van der Waals surface area contributed by atoms with Crippen LogP contribution in [0.25, 0.3) is 11.1 Å². The lowest BCUT2D eigenvalue weighted by atomic mass is 9.92.